The van der Waals surface area contributed by atoms with Crippen molar-refractivity contribution >= 4 is 43.5 Å². The molecule has 0 aromatic heterocycles. The summed E-state index contributed by atoms with van der Waals surface area (Å²) in [6, 6.07) is 14.9. The van der Waals surface area contributed by atoms with Crippen molar-refractivity contribution in [3.8, 4) is 0 Å². The fourth-order valence-corrected chi connectivity index (χ4v) is 5.09. The maximum atomic E-state index is 6.45. The molecule has 0 nitrogen and oxygen atoms in total. The molecule has 0 amide bonds. The van der Waals surface area contributed by atoms with E-state index >= 15 is 0 Å². The zero-order valence-electron chi connectivity index (χ0n) is 12.3. The van der Waals surface area contributed by atoms with Gasteiger partial charge in [-0.25, -0.2) is 0 Å². The fraction of sp³-hybridized carbons (Fsp3) is 0.333. The normalized spacial score (nSPS) is 11.7. The summed E-state index contributed by atoms with van der Waals surface area (Å²) in [6.45, 7) is 4.30. The van der Waals surface area contributed by atoms with Gasteiger partial charge in [0, 0.05) is 21.1 Å². The first-order chi connectivity index (χ1) is 10.0. The molecule has 2 aromatic rings. The predicted molar refractivity (Wildman–Crippen MR) is 100 cm³/mol. The lowest BCUT2D eigenvalue weighted by Gasteiger charge is -2.32. The fourth-order valence-electron chi connectivity index (χ4n) is 2.82. The van der Waals surface area contributed by atoms with Crippen LogP contribution in [0.4, 0.5) is 0 Å². The second-order valence-corrected chi connectivity index (χ2v) is 7.23. The van der Waals surface area contributed by atoms with Crippen LogP contribution >= 0.6 is 43.5 Å². The van der Waals surface area contributed by atoms with Gasteiger partial charge in [0.25, 0.3) is 0 Å². The van der Waals surface area contributed by atoms with Gasteiger partial charge in [0.15, 0.2) is 0 Å². The van der Waals surface area contributed by atoms with Crippen LogP contribution in [-0.4, -0.2) is 10.7 Å². The maximum absolute atomic E-state index is 6.45. The predicted octanol–water partition coefficient (Wildman–Crippen LogP) is 6.23. The largest absolute Gasteiger partial charge is 0.0918 e. The van der Waals surface area contributed by atoms with E-state index in [4.69, 9.17) is 11.6 Å². The number of rotatable bonds is 5. The van der Waals surface area contributed by atoms with Gasteiger partial charge in [0.05, 0.1) is 0 Å². The minimum atomic E-state index is -0.0431. The second-order valence-electron chi connectivity index (χ2n) is 5.70. The molecule has 112 valence electrons. The van der Waals surface area contributed by atoms with Gasteiger partial charge >= 0.3 is 0 Å². The number of benzene rings is 2. The summed E-state index contributed by atoms with van der Waals surface area (Å²) in [5, 5.41) is 2.56. The Hall–Kier alpha value is -0.310. The highest BCUT2D eigenvalue weighted by Crippen LogP contribution is 2.37. The van der Waals surface area contributed by atoms with Crippen LogP contribution < -0.4 is 0 Å². The summed E-state index contributed by atoms with van der Waals surface area (Å²) in [5.74, 6) is 0. The third kappa shape index (κ3) is 3.91. The summed E-state index contributed by atoms with van der Waals surface area (Å²) in [6.07, 6.45) is 0.954. The molecule has 0 saturated carbocycles. The van der Waals surface area contributed by atoms with Crippen LogP contribution in [0.1, 0.15) is 22.3 Å². The Kier molecular flexibility index (Phi) is 5.93. The molecule has 3 heteroatoms. The van der Waals surface area contributed by atoms with Gasteiger partial charge in [-0.3, -0.25) is 0 Å². The quantitative estimate of drug-likeness (QED) is 0.494. The molecule has 0 spiro atoms. The zero-order chi connectivity index (χ0) is 15.5. The third-order valence-corrected chi connectivity index (χ3v) is 6.26. The van der Waals surface area contributed by atoms with Crippen molar-refractivity contribution in [1.29, 1.82) is 0 Å². The first kappa shape index (κ1) is 17.1. The number of aryl methyl sites for hydroxylation is 2. The van der Waals surface area contributed by atoms with Crippen LogP contribution in [0.3, 0.4) is 0 Å². The van der Waals surface area contributed by atoms with Crippen LogP contribution in [0.5, 0.6) is 0 Å². The lowest BCUT2D eigenvalue weighted by Crippen LogP contribution is -2.33. The Morgan fingerprint density at radius 2 is 1.52 bits per heavy atom. The average Bonchev–Trinajstić information content (AvgIpc) is 2.44. The Bertz CT molecular complexity index is 598. The van der Waals surface area contributed by atoms with E-state index in [1.807, 2.05) is 12.1 Å². The van der Waals surface area contributed by atoms with Crippen LogP contribution in [0.15, 0.2) is 42.5 Å². The van der Waals surface area contributed by atoms with Crippen molar-refractivity contribution in [2.45, 2.75) is 25.7 Å². The molecule has 0 unspecified atom stereocenters. The molecule has 0 bridgehead atoms. The van der Waals surface area contributed by atoms with E-state index in [0.29, 0.717) is 0 Å². The van der Waals surface area contributed by atoms with Gasteiger partial charge in [0.2, 0.25) is 0 Å². The van der Waals surface area contributed by atoms with Crippen LogP contribution in [0.2, 0.25) is 5.02 Å². The smallest absolute Gasteiger partial charge is 0.0444 e. The minimum Gasteiger partial charge on any atom is -0.0918 e. The highest BCUT2D eigenvalue weighted by atomic mass is 79.9. The minimum absolute atomic E-state index is 0.0431. The molecule has 0 heterocycles. The Morgan fingerprint density at radius 3 is 2.05 bits per heavy atom. The molecule has 0 aliphatic carbocycles. The molecule has 2 aromatic carbocycles. The number of halogens is 3. The van der Waals surface area contributed by atoms with Crippen LogP contribution in [-0.2, 0) is 11.8 Å². The summed E-state index contributed by atoms with van der Waals surface area (Å²) < 4.78 is 0. The molecule has 0 aliphatic rings. The molecule has 0 N–H and O–H groups in total. The van der Waals surface area contributed by atoms with Crippen molar-refractivity contribution in [3.05, 3.63) is 69.7 Å². The Labute approximate surface area is 149 Å². The Balaban J connectivity index is 2.45. The molecule has 2 rings (SSSR count). The second kappa shape index (κ2) is 7.30. The standard InChI is InChI=1S/C18H19Br2Cl/c1-13-7-14(2)9-15(8-13)10-18(11-19,12-20)16-5-3-4-6-17(16)21/h3-9H,10-12H2,1-2H3. The van der Waals surface area contributed by atoms with Gasteiger partial charge in [-0.15, -0.1) is 0 Å². The van der Waals surface area contributed by atoms with E-state index in [0.717, 1.165) is 22.1 Å². The molecule has 0 fully saturated rings. The van der Waals surface area contributed by atoms with E-state index in [9.17, 15) is 0 Å². The summed E-state index contributed by atoms with van der Waals surface area (Å²) in [5.41, 5.74) is 5.12. The van der Waals surface area contributed by atoms with Crippen LogP contribution in [0, 0.1) is 13.8 Å². The van der Waals surface area contributed by atoms with Crippen LogP contribution in [0.25, 0.3) is 0 Å². The van der Waals surface area contributed by atoms with Gasteiger partial charge in [-0.05, 0) is 37.5 Å². The van der Waals surface area contributed by atoms with E-state index in [1.165, 1.54) is 22.3 Å². The van der Waals surface area contributed by atoms with E-state index in [-0.39, 0.29) is 5.41 Å². The summed E-state index contributed by atoms with van der Waals surface area (Å²) >= 11 is 13.9. The number of alkyl halides is 2. The van der Waals surface area contributed by atoms with Gasteiger partial charge in [0.1, 0.15) is 0 Å². The number of hydrogen-bond acceptors (Lipinski definition) is 0. The Morgan fingerprint density at radius 1 is 0.952 bits per heavy atom. The highest BCUT2D eigenvalue weighted by molar-refractivity contribution is 9.09. The summed E-state index contributed by atoms with van der Waals surface area (Å²) in [7, 11) is 0. The third-order valence-electron chi connectivity index (χ3n) is 3.78. The van der Waals surface area contributed by atoms with Crippen molar-refractivity contribution in [2.24, 2.45) is 0 Å². The average molecular weight is 431 g/mol. The van der Waals surface area contributed by atoms with Crippen molar-refractivity contribution in [1.82, 2.24) is 0 Å². The van der Waals surface area contributed by atoms with Crippen molar-refractivity contribution in [3.63, 3.8) is 0 Å². The summed E-state index contributed by atoms with van der Waals surface area (Å²) in [4.78, 5) is 0. The molecule has 0 saturated heterocycles. The molecule has 0 atom stereocenters. The monoisotopic (exact) mass is 428 g/mol. The maximum Gasteiger partial charge on any atom is 0.0444 e. The van der Waals surface area contributed by atoms with Gasteiger partial charge in [-0.1, -0.05) is 91.0 Å². The van der Waals surface area contributed by atoms with E-state index in [1.54, 1.807) is 0 Å². The van der Waals surface area contributed by atoms with Crippen molar-refractivity contribution in [2.75, 3.05) is 10.7 Å². The first-order valence-corrected chi connectivity index (χ1v) is 9.57. The first-order valence-electron chi connectivity index (χ1n) is 6.95. The lowest BCUT2D eigenvalue weighted by atomic mass is 9.78. The molecule has 0 radical (unpaired) electrons. The van der Waals surface area contributed by atoms with E-state index in [2.05, 4.69) is 76.0 Å². The van der Waals surface area contributed by atoms with Crippen molar-refractivity contribution < 1.29 is 0 Å². The highest BCUT2D eigenvalue weighted by Gasteiger charge is 2.32. The lowest BCUT2D eigenvalue weighted by molar-refractivity contribution is 0.551. The topological polar surface area (TPSA) is 0 Å². The van der Waals surface area contributed by atoms with E-state index < -0.39 is 0 Å². The molecular weight excluding hydrogens is 411 g/mol. The van der Waals surface area contributed by atoms with Gasteiger partial charge < -0.3 is 0 Å². The number of hydrogen-bond donors (Lipinski definition) is 0. The molecular formula is C18H19Br2Cl. The molecule has 21 heavy (non-hydrogen) atoms. The molecule has 0 aliphatic heterocycles. The zero-order valence-corrected chi connectivity index (χ0v) is 16.2. The van der Waals surface area contributed by atoms with Gasteiger partial charge in [-0.2, -0.15) is 0 Å². The SMILES string of the molecule is Cc1cc(C)cc(CC(CBr)(CBr)c2ccccc2Cl)c1.